The predicted octanol–water partition coefficient (Wildman–Crippen LogP) is 16.2. The second-order valence-electron chi connectivity index (χ2n) is 17.1. The van der Waals surface area contributed by atoms with Crippen molar-refractivity contribution in [3.63, 3.8) is 0 Å². The van der Waals surface area contributed by atoms with E-state index in [0.29, 0.717) is 0 Å². The third kappa shape index (κ3) is 4.70. The molecule has 12 aromatic rings. The van der Waals surface area contributed by atoms with Crippen LogP contribution in [0.1, 0.15) is 22.3 Å². The highest BCUT2D eigenvalue weighted by atomic mass is 16.3. The van der Waals surface area contributed by atoms with Gasteiger partial charge in [-0.15, -0.1) is 0 Å². The maximum Gasteiger partial charge on any atom is 0.136 e. The molecule has 3 heteroatoms. The largest absolute Gasteiger partial charge is 0.456 e. The Morgan fingerprint density at radius 3 is 1.72 bits per heavy atom. The van der Waals surface area contributed by atoms with E-state index in [1.165, 1.54) is 60.8 Å². The first kappa shape index (κ1) is 35.2. The molecule has 64 heavy (non-hydrogen) atoms. The van der Waals surface area contributed by atoms with Gasteiger partial charge in [-0.05, 0) is 117 Å². The first-order chi connectivity index (χ1) is 31.8. The Balaban J connectivity index is 1.04. The highest BCUT2D eigenvalue weighted by Crippen LogP contribution is 2.65. The highest BCUT2D eigenvalue weighted by molar-refractivity contribution is 6.17. The highest BCUT2D eigenvalue weighted by Gasteiger charge is 2.52. The van der Waals surface area contributed by atoms with Gasteiger partial charge in [0.05, 0.1) is 27.8 Å². The van der Waals surface area contributed by atoms with Gasteiger partial charge in [-0.1, -0.05) is 164 Å². The monoisotopic (exact) mass is 814 g/mol. The number of benzene rings is 10. The van der Waals surface area contributed by atoms with Gasteiger partial charge in [0.15, 0.2) is 0 Å². The van der Waals surface area contributed by atoms with Crippen LogP contribution in [0.3, 0.4) is 0 Å². The summed E-state index contributed by atoms with van der Waals surface area (Å²) < 4.78 is 8.76. The molecule has 0 unspecified atom stereocenters. The molecule has 2 aliphatic rings. The van der Waals surface area contributed by atoms with E-state index in [9.17, 15) is 0 Å². The zero-order chi connectivity index (χ0) is 41.9. The van der Waals surface area contributed by atoms with E-state index in [1.54, 1.807) is 0 Å². The van der Waals surface area contributed by atoms with E-state index in [1.807, 2.05) is 12.1 Å². The van der Waals surface area contributed by atoms with E-state index in [2.05, 4.69) is 228 Å². The van der Waals surface area contributed by atoms with Gasteiger partial charge in [-0.2, -0.15) is 0 Å². The topological polar surface area (TPSA) is 21.3 Å². The summed E-state index contributed by atoms with van der Waals surface area (Å²) in [5.74, 6) is 0. The van der Waals surface area contributed by atoms with Crippen LogP contribution in [0.2, 0.25) is 0 Å². The Morgan fingerprint density at radius 1 is 0.375 bits per heavy atom. The fraction of sp³-hybridized carbons (Fsp3) is 0.0164. The van der Waals surface area contributed by atoms with Gasteiger partial charge in [0.25, 0.3) is 0 Å². The molecule has 0 saturated heterocycles. The lowest BCUT2D eigenvalue weighted by Crippen LogP contribution is -2.26. The number of para-hydroxylation sites is 3. The Hall–Kier alpha value is -8.40. The minimum Gasteiger partial charge on any atom is -0.456 e. The number of nitrogens with zero attached hydrogens (tertiary/aromatic N) is 2. The Kier molecular flexibility index (Phi) is 7.32. The third-order valence-electron chi connectivity index (χ3n) is 14.0. The molecule has 3 nitrogen and oxygen atoms in total. The second-order valence-corrected chi connectivity index (χ2v) is 17.1. The second kappa shape index (κ2) is 13.3. The maximum atomic E-state index is 6.35. The van der Waals surface area contributed by atoms with Crippen molar-refractivity contribution in [2.24, 2.45) is 0 Å². The van der Waals surface area contributed by atoms with Crippen molar-refractivity contribution in [3.8, 4) is 39.1 Å². The van der Waals surface area contributed by atoms with E-state index < -0.39 is 5.41 Å². The summed E-state index contributed by atoms with van der Waals surface area (Å²) in [5, 5.41) is 4.69. The van der Waals surface area contributed by atoms with E-state index >= 15 is 0 Å². The number of anilines is 3. The number of hydrogen-bond donors (Lipinski definition) is 0. The summed E-state index contributed by atoms with van der Waals surface area (Å²) in [6.07, 6.45) is 0. The number of fused-ring (bicyclic) bond motifs is 16. The zero-order valence-corrected chi connectivity index (χ0v) is 34.7. The average molecular weight is 815 g/mol. The Bertz CT molecular complexity index is 3810. The van der Waals surface area contributed by atoms with Gasteiger partial charge in [-0.25, -0.2) is 0 Å². The van der Waals surface area contributed by atoms with E-state index in [4.69, 9.17) is 4.42 Å². The fourth-order valence-electron chi connectivity index (χ4n) is 11.5. The van der Waals surface area contributed by atoms with Gasteiger partial charge < -0.3 is 13.9 Å². The first-order valence-corrected chi connectivity index (χ1v) is 22.1. The van der Waals surface area contributed by atoms with Gasteiger partial charge in [0, 0.05) is 38.5 Å². The molecule has 0 atom stereocenters. The number of rotatable bonds is 5. The van der Waals surface area contributed by atoms with Crippen molar-refractivity contribution in [2.45, 2.75) is 5.41 Å². The molecule has 1 spiro atoms. The summed E-state index contributed by atoms with van der Waals surface area (Å²) in [6, 6.07) is 84.6. The van der Waals surface area contributed by atoms with Gasteiger partial charge in [-0.3, -0.25) is 0 Å². The number of furan rings is 1. The lowest BCUT2D eigenvalue weighted by atomic mass is 9.70. The van der Waals surface area contributed by atoms with Crippen molar-refractivity contribution >= 4 is 60.8 Å². The fourth-order valence-corrected chi connectivity index (χ4v) is 11.5. The Labute approximate surface area is 370 Å². The molecular weight excluding hydrogens is 777 g/mol. The maximum absolute atomic E-state index is 6.35. The van der Waals surface area contributed by atoms with E-state index in [-0.39, 0.29) is 0 Å². The lowest BCUT2D eigenvalue weighted by molar-refractivity contribution is 0.669. The summed E-state index contributed by atoms with van der Waals surface area (Å²) in [5.41, 5.74) is 20.8. The smallest absolute Gasteiger partial charge is 0.136 e. The summed E-state index contributed by atoms with van der Waals surface area (Å²) in [4.78, 5) is 2.53. The minimum absolute atomic E-state index is 0.463. The molecule has 0 saturated carbocycles. The first-order valence-electron chi connectivity index (χ1n) is 22.1. The molecule has 10 aromatic carbocycles. The molecule has 0 bridgehead atoms. The zero-order valence-electron chi connectivity index (χ0n) is 34.7. The van der Waals surface area contributed by atoms with Crippen molar-refractivity contribution in [3.05, 3.63) is 253 Å². The summed E-state index contributed by atoms with van der Waals surface area (Å²) >= 11 is 0. The predicted molar refractivity (Wildman–Crippen MR) is 264 cm³/mol. The lowest BCUT2D eigenvalue weighted by Gasteiger charge is -2.32. The van der Waals surface area contributed by atoms with Crippen LogP contribution in [0.15, 0.2) is 235 Å². The van der Waals surface area contributed by atoms with Crippen LogP contribution < -0.4 is 4.90 Å². The molecule has 2 aliphatic carbocycles. The normalized spacial score (nSPS) is 13.1. The SMILES string of the molecule is c1ccc(-n2c3ccccc3c3c(N(c4ccc(-c5ccc6c(c5)oc5ccccc56)cc4)c4cccc5c4-c4ccccc4C54c5ccccc5-c5ccccc54)cccc32)cc1. The summed E-state index contributed by atoms with van der Waals surface area (Å²) in [7, 11) is 0. The van der Waals surface area contributed by atoms with Gasteiger partial charge in [0.2, 0.25) is 0 Å². The van der Waals surface area contributed by atoms with Crippen LogP contribution in [-0.2, 0) is 5.41 Å². The molecule has 0 fully saturated rings. The van der Waals surface area contributed by atoms with Crippen LogP contribution in [0.4, 0.5) is 17.1 Å². The third-order valence-corrected chi connectivity index (χ3v) is 14.0. The standard InChI is InChI=1S/C61H38N2O/c1-2-16-41(17-3-1)62-53-27-12-7-22-48(53)60-55(62)29-15-30-56(60)63(42-35-32-39(33-36-42)40-34-37-46-45-20-8-13-31-57(45)64-58(46)38-40)54-28-14-26-52-59(54)47-21-6-11-25-51(47)61(52)49-23-9-4-18-43(49)44-19-5-10-24-50(44)61/h1-38H. The Morgan fingerprint density at radius 2 is 0.938 bits per heavy atom. The molecule has 14 rings (SSSR count). The van der Waals surface area contributed by atoms with Crippen molar-refractivity contribution in [1.29, 1.82) is 0 Å². The molecule has 0 aliphatic heterocycles. The van der Waals surface area contributed by atoms with Crippen LogP contribution in [0.5, 0.6) is 0 Å². The molecule has 0 radical (unpaired) electrons. The molecule has 2 aromatic heterocycles. The molecule has 298 valence electrons. The number of hydrogen-bond acceptors (Lipinski definition) is 2. The molecule has 0 amide bonds. The average Bonchev–Trinajstić information content (AvgIpc) is 4.09. The molecule has 0 N–H and O–H groups in total. The number of aromatic nitrogens is 1. The van der Waals surface area contributed by atoms with Crippen LogP contribution in [0.25, 0.3) is 82.8 Å². The van der Waals surface area contributed by atoms with Crippen LogP contribution in [-0.4, -0.2) is 4.57 Å². The van der Waals surface area contributed by atoms with Gasteiger partial charge in [0.1, 0.15) is 11.2 Å². The van der Waals surface area contributed by atoms with Crippen molar-refractivity contribution < 1.29 is 4.42 Å². The van der Waals surface area contributed by atoms with Gasteiger partial charge >= 0.3 is 0 Å². The molecular formula is C61H38N2O. The van der Waals surface area contributed by atoms with Crippen molar-refractivity contribution in [1.82, 2.24) is 4.57 Å². The van der Waals surface area contributed by atoms with Crippen LogP contribution >= 0.6 is 0 Å². The molecule has 2 heterocycles. The summed E-state index contributed by atoms with van der Waals surface area (Å²) in [6.45, 7) is 0. The van der Waals surface area contributed by atoms with Crippen LogP contribution in [0, 0.1) is 0 Å². The van der Waals surface area contributed by atoms with E-state index in [0.717, 1.165) is 61.3 Å². The van der Waals surface area contributed by atoms with Crippen molar-refractivity contribution in [2.75, 3.05) is 4.90 Å². The minimum atomic E-state index is -0.463. The quantitative estimate of drug-likeness (QED) is 0.173.